The van der Waals surface area contributed by atoms with Crippen LogP contribution < -0.4 is 10.6 Å². The minimum absolute atomic E-state index is 0.0411. The maximum absolute atomic E-state index is 12.2. The highest BCUT2D eigenvalue weighted by atomic mass is 16.4. The van der Waals surface area contributed by atoms with Crippen LogP contribution in [-0.2, 0) is 19.2 Å². The second-order valence-corrected chi connectivity index (χ2v) is 5.66. The van der Waals surface area contributed by atoms with Gasteiger partial charge in [-0.1, -0.05) is 0 Å². The van der Waals surface area contributed by atoms with Crippen molar-refractivity contribution in [1.29, 1.82) is 0 Å². The zero-order chi connectivity index (χ0) is 18.0. The smallest absolute Gasteiger partial charge is 0.326 e. The predicted octanol–water partition coefficient (Wildman–Crippen LogP) is 0.119. The summed E-state index contributed by atoms with van der Waals surface area (Å²) in [5.74, 6) is -1.84. The lowest BCUT2D eigenvalue weighted by Gasteiger charge is -2.26. The number of nitrogens with zero attached hydrogens (tertiary/aromatic N) is 1. The average molecular weight is 329 g/mol. The first-order chi connectivity index (χ1) is 10.6. The lowest BCUT2D eigenvalue weighted by Crippen LogP contribution is -2.46. The fourth-order valence-corrected chi connectivity index (χ4v) is 1.96. The Hall–Kier alpha value is -2.12. The van der Waals surface area contributed by atoms with Crippen molar-refractivity contribution in [2.24, 2.45) is 0 Å². The SMILES string of the molecule is CC(=O)NCCN(C(=O)CCCC(=O)NC(C)C)C(C)C(=O)O. The zero-order valence-corrected chi connectivity index (χ0v) is 14.2. The second-order valence-electron chi connectivity index (χ2n) is 5.66. The van der Waals surface area contributed by atoms with E-state index in [-0.39, 0.29) is 49.7 Å². The van der Waals surface area contributed by atoms with Crippen molar-refractivity contribution in [2.45, 2.75) is 59.0 Å². The molecule has 0 aromatic heterocycles. The summed E-state index contributed by atoms with van der Waals surface area (Å²) in [4.78, 5) is 46.9. The quantitative estimate of drug-likeness (QED) is 0.526. The molecule has 0 aromatic carbocycles. The van der Waals surface area contributed by atoms with Gasteiger partial charge in [0.25, 0.3) is 0 Å². The second kappa shape index (κ2) is 10.6. The van der Waals surface area contributed by atoms with E-state index in [0.717, 1.165) is 0 Å². The molecule has 0 spiro atoms. The summed E-state index contributed by atoms with van der Waals surface area (Å²) in [6, 6.07) is -0.944. The van der Waals surface area contributed by atoms with Crippen molar-refractivity contribution in [1.82, 2.24) is 15.5 Å². The van der Waals surface area contributed by atoms with Gasteiger partial charge in [-0.25, -0.2) is 4.79 Å². The van der Waals surface area contributed by atoms with Gasteiger partial charge in [0.1, 0.15) is 6.04 Å². The molecule has 0 fully saturated rings. The molecule has 3 N–H and O–H groups in total. The molecule has 0 heterocycles. The van der Waals surface area contributed by atoms with Crippen LogP contribution in [-0.4, -0.2) is 58.9 Å². The van der Waals surface area contributed by atoms with Gasteiger partial charge < -0.3 is 20.6 Å². The molecule has 0 saturated heterocycles. The first-order valence-electron chi connectivity index (χ1n) is 7.71. The van der Waals surface area contributed by atoms with Crippen molar-refractivity contribution in [2.75, 3.05) is 13.1 Å². The Balaban J connectivity index is 4.46. The summed E-state index contributed by atoms with van der Waals surface area (Å²) < 4.78 is 0. The Kier molecular flexibility index (Phi) is 9.60. The third-order valence-electron chi connectivity index (χ3n) is 3.12. The van der Waals surface area contributed by atoms with E-state index in [1.54, 1.807) is 0 Å². The van der Waals surface area contributed by atoms with Crippen molar-refractivity contribution in [3.8, 4) is 0 Å². The summed E-state index contributed by atoms with van der Waals surface area (Å²) >= 11 is 0. The van der Waals surface area contributed by atoms with Crippen molar-refractivity contribution < 1.29 is 24.3 Å². The number of hydrogen-bond donors (Lipinski definition) is 3. The van der Waals surface area contributed by atoms with Crippen LogP contribution in [0.4, 0.5) is 0 Å². The number of nitrogens with one attached hydrogen (secondary N) is 2. The third-order valence-corrected chi connectivity index (χ3v) is 3.12. The number of carbonyl (C=O) groups excluding carboxylic acids is 3. The van der Waals surface area contributed by atoms with Gasteiger partial charge >= 0.3 is 5.97 Å². The molecule has 0 aliphatic rings. The molecule has 0 rings (SSSR count). The van der Waals surface area contributed by atoms with Crippen LogP contribution >= 0.6 is 0 Å². The third kappa shape index (κ3) is 9.49. The number of amides is 3. The zero-order valence-electron chi connectivity index (χ0n) is 14.2. The van der Waals surface area contributed by atoms with Gasteiger partial charge in [-0.3, -0.25) is 14.4 Å². The van der Waals surface area contributed by atoms with Crippen molar-refractivity contribution in [3.05, 3.63) is 0 Å². The Morgan fingerprint density at radius 1 is 1.09 bits per heavy atom. The molecule has 0 aliphatic carbocycles. The highest BCUT2D eigenvalue weighted by Gasteiger charge is 2.24. The van der Waals surface area contributed by atoms with E-state index >= 15 is 0 Å². The van der Waals surface area contributed by atoms with Gasteiger partial charge in [0.2, 0.25) is 17.7 Å². The Labute approximate surface area is 136 Å². The maximum atomic E-state index is 12.2. The lowest BCUT2D eigenvalue weighted by molar-refractivity contribution is -0.149. The molecule has 0 aliphatic heterocycles. The van der Waals surface area contributed by atoms with Crippen LogP contribution in [0.2, 0.25) is 0 Å². The van der Waals surface area contributed by atoms with E-state index in [1.165, 1.54) is 18.7 Å². The first kappa shape index (κ1) is 20.9. The number of aliphatic carboxylic acids is 1. The molecule has 23 heavy (non-hydrogen) atoms. The maximum Gasteiger partial charge on any atom is 0.326 e. The molecule has 8 nitrogen and oxygen atoms in total. The van der Waals surface area contributed by atoms with E-state index in [2.05, 4.69) is 10.6 Å². The molecular weight excluding hydrogens is 302 g/mol. The first-order valence-corrected chi connectivity index (χ1v) is 7.71. The fourth-order valence-electron chi connectivity index (χ4n) is 1.96. The Morgan fingerprint density at radius 2 is 1.70 bits per heavy atom. The van der Waals surface area contributed by atoms with E-state index in [9.17, 15) is 19.2 Å². The molecule has 0 aromatic rings. The highest BCUT2D eigenvalue weighted by Crippen LogP contribution is 2.06. The molecular formula is C15H27N3O5. The van der Waals surface area contributed by atoms with Crippen molar-refractivity contribution >= 4 is 23.7 Å². The topological polar surface area (TPSA) is 116 Å². The minimum Gasteiger partial charge on any atom is -0.480 e. The summed E-state index contributed by atoms with van der Waals surface area (Å²) in [6.45, 7) is 6.76. The number of hydrogen-bond acceptors (Lipinski definition) is 4. The molecule has 0 bridgehead atoms. The van der Waals surface area contributed by atoms with Crippen LogP contribution in [0.3, 0.4) is 0 Å². The molecule has 8 heteroatoms. The van der Waals surface area contributed by atoms with Gasteiger partial charge in [-0.05, 0) is 27.2 Å². The van der Waals surface area contributed by atoms with Crippen LogP contribution in [0, 0.1) is 0 Å². The largest absolute Gasteiger partial charge is 0.480 e. The summed E-state index contributed by atoms with van der Waals surface area (Å²) in [6.07, 6.45) is 0.647. The summed E-state index contributed by atoms with van der Waals surface area (Å²) in [7, 11) is 0. The fraction of sp³-hybridized carbons (Fsp3) is 0.733. The van der Waals surface area contributed by atoms with E-state index in [4.69, 9.17) is 5.11 Å². The molecule has 1 unspecified atom stereocenters. The predicted molar refractivity (Wildman–Crippen MR) is 84.6 cm³/mol. The summed E-state index contributed by atoms with van der Waals surface area (Å²) in [5.41, 5.74) is 0. The highest BCUT2D eigenvalue weighted by molar-refractivity contribution is 5.84. The molecule has 1 atom stereocenters. The van der Waals surface area contributed by atoms with Crippen molar-refractivity contribution in [3.63, 3.8) is 0 Å². The molecule has 0 saturated carbocycles. The average Bonchev–Trinajstić information content (AvgIpc) is 2.41. The van der Waals surface area contributed by atoms with Gasteiger partial charge in [-0.15, -0.1) is 0 Å². The van der Waals surface area contributed by atoms with Crippen LogP contribution in [0.15, 0.2) is 0 Å². The van der Waals surface area contributed by atoms with E-state index < -0.39 is 12.0 Å². The number of carbonyl (C=O) groups is 4. The molecule has 132 valence electrons. The summed E-state index contributed by atoms with van der Waals surface area (Å²) in [5, 5.41) is 14.3. The molecule has 3 amide bonds. The van der Waals surface area contributed by atoms with Crippen LogP contribution in [0.25, 0.3) is 0 Å². The standard InChI is InChI=1S/C15H27N3O5/c1-10(2)17-13(20)6-5-7-14(21)18(11(3)15(22)23)9-8-16-12(4)19/h10-11H,5-9H2,1-4H3,(H,16,19)(H,17,20)(H,22,23). The number of carboxylic acids is 1. The number of rotatable bonds is 10. The lowest BCUT2D eigenvalue weighted by atomic mass is 10.1. The Bertz CT molecular complexity index is 437. The van der Waals surface area contributed by atoms with Gasteiger partial charge in [0.05, 0.1) is 0 Å². The number of carboxylic acid groups (broad SMARTS) is 1. The van der Waals surface area contributed by atoms with E-state index in [1.807, 2.05) is 13.8 Å². The van der Waals surface area contributed by atoms with Gasteiger partial charge in [0, 0.05) is 38.9 Å². The molecule has 0 radical (unpaired) electrons. The van der Waals surface area contributed by atoms with Gasteiger partial charge in [-0.2, -0.15) is 0 Å². The van der Waals surface area contributed by atoms with Gasteiger partial charge in [0.15, 0.2) is 0 Å². The Morgan fingerprint density at radius 3 is 2.17 bits per heavy atom. The van der Waals surface area contributed by atoms with E-state index in [0.29, 0.717) is 6.42 Å². The van der Waals surface area contributed by atoms with Crippen LogP contribution in [0.5, 0.6) is 0 Å². The minimum atomic E-state index is -1.11. The monoisotopic (exact) mass is 329 g/mol. The normalized spacial score (nSPS) is 11.7. The van der Waals surface area contributed by atoms with Crippen LogP contribution in [0.1, 0.15) is 47.0 Å².